The third kappa shape index (κ3) is 2.21. The van der Waals surface area contributed by atoms with Crippen LogP contribution in [0.15, 0.2) is 84.9 Å². The van der Waals surface area contributed by atoms with Crippen molar-refractivity contribution in [2.75, 3.05) is 7.11 Å². The van der Waals surface area contributed by atoms with E-state index in [0.717, 1.165) is 0 Å². The van der Waals surface area contributed by atoms with Crippen molar-refractivity contribution in [3.05, 3.63) is 102 Å². The van der Waals surface area contributed by atoms with Gasteiger partial charge in [-0.3, -0.25) is 9.59 Å². The average Bonchev–Trinajstić information content (AvgIpc) is 2.93. The van der Waals surface area contributed by atoms with Crippen LogP contribution in [0.25, 0.3) is 0 Å². The Balaban J connectivity index is 1.89. The minimum atomic E-state index is -2.07. The molecule has 5 rings (SSSR count). The molecule has 0 amide bonds. The van der Waals surface area contributed by atoms with E-state index in [9.17, 15) is 14.7 Å². The number of benzene rings is 3. The predicted molar refractivity (Wildman–Crippen MR) is 109 cm³/mol. The number of carbonyl (C=O) groups excluding carboxylic acids is 2. The number of ketones is 1. The van der Waals surface area contributed by atoms with Gasteiger partial charge in [-0.15, -0.1) is 0 Å². The van der Waals surface area contributed by atoms with Crippen LogP contribution in [0.5, 0.6) is 5.75 Å². The summed E-state index contributed by atoms with van der Waals surface area (Å²) in [4.78, 5) is 27.1. The highest BCUT2D eigenvalue weighted by molar-refractivity contribution is 6.06. The normalized spacial score (nSPS) is 29.1. The Hall–Kier alpha value is -3.44. The molecule has 0 spiro atoms. The zero-order valence-corrected chi connectivity index (χ0v) is 16.3. The molecule has 2 aliphatic rings. The molecule has 3 aromatic carbocycles. The van der Waals surface area contributed by atoms with Gasteiger partial charge in [-0.1, -0.05) is 78.9 Å². The van der Waals surface area contributed by atoms with Gasteiger partial charge in [0.15, 0.2) is 5.60 Å². The molecule has 2 bridgehead atoms. The topological polar surface area (TPSA) is 72.8 Å². The molecule has 3 aromatic rings. The Morgan fingerprint density at radius 2 is 1.53 bits per heavy atom. The molecule has 1 N–H and O–H groups in total. The third-order valence-electron chi connectivity index (χ3n) is 6.29. The minimum absolute atomic E-state index is 0.287. The molecule has 0 radical (unpaired) electrons. The number of aliphatic hydroxyl groups is 1. The molecule has 0 saturated heterocycles. The number of esters is 1. The Morgan fingerprint density at radius 3 is 2.20 bits per heavy atom. The number of carbonyl (C=O) groups is 2. The first-order valence-corrected chi connectivity index (χ1v) is 9.79. The van der Waals surface area contributed by atoms with Crippen molar-refractivity contribution in [1.82, 2.24) is 0 Å². The highest BCUT2D eigenvalue weighted by atomic mass is 16.5. The van der Waals surface area contributed by atoms with E-state index in [2.05, 4.69) is 0 Å². The summed E-state index contributed by atoms with van der Waals surface area (Å²) in [5.41, 5.74) is -2.05. The average molecular weight is 400 g/mol. The second kappa shape index (κ2) is 6.54. The van der Waals surface area contributed by atoms with Crippen LogP contribution in [0.4, 0.5) is 0 Å². The number of Topliss-reactive ketones (excluding diaryl/α,β-unsaturated/α-hetero) is 1. The summed E-state index contributed by atoms with van der Waals surface area (Å²) in [6.45, 7) is 0. The highest BCUT2D eigenvalue weighted by Gasteiger charge is 2.76. The number of methoxy groups -OCH3 is 1. The lowest BCUT2D eigenvalue weighted by molar-refractivity contribution is -0.162. The Bertz CT molecular complexity index is 1130. The van der Waals surface area contributed by atoms with Crippen LogP contribution in [-0.2, 0) is 25.5 Å². The van der Waals surface area contributed by atoms with E-state index >= 15 is 0 Å². The van der Waals surface area contributed by atoms with Gasteiger partial charge in [0.1, 0.15) is 11.7 Å². The predicted octanol–water partition coefficient (Wildman–Crippen LogP) is 3.32. The molecule has 0 unspecified atom stereocenters. The van der Waals surface area contributed by atoms with Gasteiger partial charge in [0, 0.05) is 11.1 Å². The fourth-order valence-electron chi connectivity index (χ4n) is 5.06. The number of hydrogen-bond donors (Lipinski definition) is 1. The molecule has 30 heavy (non-hydrogen) atoms. The fraction of sp³-hybridized carbons (Fsp3) is 0.200. The van der Waals surface area contributed by atoms with Crippen molar-refractivity contribution in [1.29, 1.82) is 0 Å². The quantitative estimate of drug-likeness (QED) is 0.683. The van der Waals surface area contributed by atoms with E-state index in [-0.39, 0.29) is 5.56 Å². The van der Waals surface area contributed by atoms with Crippen molar-refractivity contribution in [2.24, 2.45) is 5.92 Å². The molecule has 1 saturated carbocycles. The highest BCUT2D eigenvalue weighted by Crippen LogP contribution is 2.64. The van der Waals surface area contributed by atoms with Crippen molar-refractivity contribution in [3.8, 4) is 5.75 Å². The van der Waals surface area contributed by atoms with Gasteiger partial charge >= 0.3 is 5.97 Å². The molecule has 150 valence electrons. The van der Waals surface area contributed by atoms with Crippen LogP contribution in [0, 0.1) is 5.92 Å². The molecule has 1 heterocycles. The van der Waals surface area contributed by atoms with E-state index in [1.807, 2.05) is 48.5 Å². The van der Waals surface area contributed by atoms with Crippen molar-refractivity contribution in [2.45, 2.75) is 17.1 Å². The maximum Gasteiger partial charge on any atom is 0.313 e. The summed E-state index contributed by atoms with van der Waals surface area (Å²) in [6, 6.07) is 25.1. The summed E-state index contributed by atoms with van der Waals surface area (Å²) in [6.07, 6.45) is 0. The van der Waals surface area contributed by atoms with E-state index in [4.69, 9.17) is 9.47 Å². The van der Waals surface area contributed by atoms with Crippen LogP contribution in [0.2, 0.25) is 0 Å². The maximum absolute atomic E-state index is 14.0. The van der Waals surface area contributed by atoms with Crippen LogP contribution in [-0.4, -0.2) is 24.0 Å². The van der Waals surface area contributed by atoms with Gasteiger partial charge < -0.3 is 14.6 Å². The Labute approximate surface area is 173 Å². The summed E-state index contributed by atoms with van der Waals surface area (Å²) >= 11 is 0. The molecule has 5 nitrogen and oxygen atoms in total. The molecule has 0 aromatic heterocycles. The summed E-state index contributed by atoms with van der Waals surface area (Å²) in [5, 5.41) is 11.9. The van der Waals surface area contributed by atoms with E-state index in [1.165, 1.54) is 7.11 Å². The van der Waals surface area contributed by atoms with Crippen molar-refractivity contribution >= 4 is 11.8 Å². The van der Waals surface area contributed by atoms with Gasteiger partial charge in [0.2, 0.25) is 11.4 Å². The Kier molecular flexibility index (Phi) is 4.05. The number of ether oxygens (including phenoxy) is 2. The molecule has 5 heteroatoms. The van der Waals surface area contributed by atoms with Gasteiger partial charge in [-0.05, 0) is 11.6 Å². The lowest BCUT2D eigenvalue weighted by Gasteiger charge is -2.39. The molecular formula is C25H20O5. The first-order valence-electron chi connectivity index (χ1n) is 9.79. The second-order valence-corrected chi connectivity index (χ2v) is 7.68. The van der Waals surface area contributed by atoms with E-state index in [1.54, 1.807) is 36.4 Å². The summed E-state index contributed by atoms with van der Waals surface area (Å²) in [7, 11) is 1.27. The first kappa shape index (κ1) is 18.6. The smallest absolute Gasteiger partial charge is 0.313 e. The fourth-order valence-corrected chi connectivity index (χ4v) is 5.06. The van der Waals surface area contributed by atoms with E-state index < -0.39 is 34.8 Å². The van der Waals surface area contributed by atoms with Crippen LogP contribution in [0.3, 0.4) is 0 Å². The molecule has 1 aliphatic heterocycles. The number of rotatable bonds is 3. The monoisotopic (exact) mass is 400 g/mol. The SMILES string of the molecule is COC(=O)[C@@H]1[C@@H](c2ccccc2)[C@]2(c3ccccc3)Oc3ccccc3[C@@]1(O)C2=O. The molecule has 1 aliphatic carbocycles. The summed E-state index contributed by atoms with van der Waals surface area (Å²) in [5.74, 6) is -2.77. The van der Waals surface area contributed by atoms with Gasteiger partial charge in [0.25, 0.3) is 0 Å². The lowest BCUT2D eigenvalue weighted by Crippen LogP contribution is -2.51. The molecule has 4 atom stereocenters. The first-order chi connectivity index (χ1) is 14.5. The number of hydrogen-bond acceptors (Lipinski definition) is 5. The standard InChI is InChI=1S/C25H20O5/c1-29-22(26)21-20(16-10-4-2-5-11-16)25(17-12-6-3-7-13-17)23(27)24(21,28)18-14-8-9-15-19(18)30-25/h2-15,20-21,28H,1H3/t20-,21+,24+,25+/m1/s1. The zero-order chi connectivity index (χ0) is 20.9. The lowest BCUT2D eigenvalue weighted by atomic mass is 9.75. The van der Waals surface area contributed by atoms with Crippen LogP contribution >= 0.6 is 0 Å². The number of para-hydroxylation sites is 1. The van der Waals surface area contributed by atoms with Gasteiger partial charge in [-0.25, -0.2) is 0 Å². The van der Waals surface area contributed by atoms with Gasteiger partial charge in [-0.2, -0.15) is 0 Å². The van der Waals surface area contributed by atoms with Crippen LogP contribution in [0.1, 0.15) is 22.6 Å². The maximum atomic E-state index is 14.0. The van der Waals surface area contributed by atoms with E-state index in [0.29, 0.717) is 16.9 Å². The third-order valence-corrected chi connectivity index (χ3v) is 6.29. The Morgan fingerprint density at radius 1 is 0.933 bits per heavy atom. The minimum Gasteiger partial charge on any atom is -0.473 e. The zero-order valence-electron chi connectivity index (χ0n) is 16.3. The second-order valence-electron chi connectivity index (χ2n) is 7.68. The molecular weight excluding hydrogens is 380 g/mol. The van der Waals surface area contributed by atoms with Crippen molar-refractivity contribution in [3.63, 3.8) is 0 Å². The van der Waals surface area contributed by atoms with Crippen LogP contribution < -0.4 is 4.74 Å². The van der Waals surface area contributed by atoms with Gasteiger partial charge in [0.05, 0.1) is 13.0 Å². The summed E-state index contributed by atoms with van der Waals surface area (Å²) < 4.78 is 11.5. The largest absolute Gasteiger partial charge is 0.473 e. The number of fused-ring (bicyclic) bond motifs is 4. The van der Waals surface area contributed by atoms with Crippen molar-refractivity contribution < 1.29 is 24.2 Å². The molecule has 1 fully saturated rings.